The van der Waals surface area contributed by atoms with Gasteiger partial charge < -0.3 is 10.5 Å². The molecule has 1 aromatic heterocycles. The first-order valence-corrected chi connectivity index (χ1v) is 5.49. The Balaban J connectivity index is 1.95. The standard InChI is InChI=1S/C11H17N3O/c1-8-2-4-9(5-3-8)15-11-10(12)13-6-7-14-11/h6-9H,2-5H2,1H3,(H2,12,13). The zero-order chi connectivity index (χ0) is 10.7. The van der Waals surface area contributed by atoms with Crippen molar-refractivity contribution in [2.45, 2.75) is 38.7 Å². The minimum atomic E-state index is 0.264. The summed E-state index contributed by atoms with van der Waals surface area (Å²) >= 11 is 0. The summed E-state index contributed by atoms with van der Waals surface area (Å²) in [6, 6.07) is 0. The van der Waals surface area contributed by atoms with E-state index >= 15 is 0 Å². The fourth-order valence-corrected chi connectivity index (χ4v) is 1.93. The zero-order valence-electron chi connectivity index (χ0n) is 9.02. The third kappa shape index (κ3) is 2.58. The monoisotopic (exact) mass is 207 g/mol. The van der Waals surface area contributed by atoms with Crippen LogP contribution in [0.15, 0.2) is 12.4 Å². The number of hydrogen-bond acceptors (Lipinski definition) is 4. The van der Waals surface area contributed by atoms with E-state index < -0.39 is 0 Å². The fraction of sp³-hybridized carbons (Fsp3) is 0.636. The van der Waals surface area contributed by atoms with Gasteiger partial charge in [-0.25, -0.2) is 9.97 Å². The molecule has 2 rings (SSSR count). The van der Waals surface area contributed by atoms with Gasteiger partial charge in [0.2, 0.25) is 0 Å². The molecule has 0 amide bonds. The second kappa shape index (κ2) is 4.47. The van der Waals surface area contributed by atoms with Crippen LogP contribution < -0.4 is 10.5 Å². The van der Waals surface area contributed by atoms with E-state index in [2.05, 4.69) is 16.9 Å². The summed E-state index contributed by atoms with van der Waals surface area (Å²) in [5.41, 5.74) is 5.67. The molecule has 0 atom stereocenters. The second-order valence-corrected chi connectivity index (χ2v) is 4.25. The van der Waals surface area contributed by atoms with Crippen LogP contribution in [0.25, 0.3) is 0 Å². The zero-order valence-corrected chi connectivity index (χ0v) is 9.02. The molecule has 0 unspecified atom stereocenters. The second-order valence-electron chi connectivity index (χ2n) is 4.25. The van der Waals surface area contributed by atoms with Crippen molar-refractivity contribution < 1.29 is 4.74 Å². The van der Waals surface area contributed by atoms with Crippen molar-refractivity contribution in [1.82, 2.24) is 9.97 Å². The molecular weight excluding hydrogens is 190 g/mol. The largest absolute Gasteiger partial charge is 0.472 e. The first-order chi connectivity index (χ1) is 7.25. The topological polar surface area (TPSA) is 61.0 Å². The smallest absolute Gasteiger partial charge is 0.257 e. The molecular formula is C11H17N3O. The summed E-state index contributed by atoms with van der Waals surface area (Å²) in [6.45, 7) is 2.28. The van der Waals surface area contributed by atoms with Crippen LogP contribution in [0, 0.1) is 5.92 Å². The predicted octanol–water partition coefficient (Wildman–Crippen LogP) is 2.02. The van der Waals surface area contributed by atoms with Crippen molar-refractivity contribution in [2.75, 3.05) is 5.73 Å². The molecule has 0 aromatic carbocycles. The van der Waals surface area contributed by atoms with E-state index in [1.54, 1.807) is 12.4 Å². The molecule has 4 nitrogen and oxygen atoms in total. The van der Waals surface area contributed by atoms with Gasteiger partial charge in [0, 0.05) is 12.4 Å². The summed E-state index contributed by atoms with van der Waals surface area (Å²) in [7, 11) is 0. The van der Waals surface area contributed by atoms with Crippen LogP contribution in [0.1, 0.15) is 32.6 Å². The maximum absolute atomic E-state index is 5.74. The van der Waals surface area contributed by atoms with Gasteiger partial charge in [-0.2, -0.15) is 0 Å². The minimum Gasteiger partial charge on any atom is -0.472 e. The van der Waals surface area contributed by atoms with Gasteiger partial charge in [-0.05, 0) is 31.6 Å². The van der Waals surface area contributed by atoms with Gasteiger partial charge in [-0.1, -0.05) is 6.92 Å². The quantitative estimate of drug-likeness (QED) is 0.805. The summed E-state index contributed by atoms with van der Waals surface area (Å²) in [6.07, 6.45) is 8.09. The molecule has 1 fully saturated rings. The van der Waals surface area contributed by atoms with Gasteiger partial charge in [0.25, 0.3) is 5.88 Å². The highest BCUT2D eigenvalue weighted by molar-refractivity contribution is 5.38. The normalized spacial score (nSPS) is 26.2. The summed E-state index contributed by atoms with van der Waals surface area (Å²) in [5.74, 6) is 1.69. The Bertz CT molecular complexity index is 321. The number of rotatable bonds is 2. The van der Waals surface area contributed by atoms with Crippen LogP contribution in [-0.2, 0) is 0 Å². The molecule has 1 heterocycles. The van der Waals surface area contributed by atoms with Crippen molar-refractivity contribution in [3.63, 3.8) is 0 Å². The van der Waals surface area contributed by atoms with Crippen LogP contribution in [-0.4, -0.2) is 16.1 Å². The van der Waals surface area contributed by atoms with Crippen molar-refractivity contribution in [3.05, 3.63) is 12.4 Å². The summed E-state index contributed by atoms with van der Waals surface area (Å²) in [4.78, 5) is 8.03. The Hall–Kier alpha value is -1.32. The molecule has 82 valence electrons. The number of hydrogen-bond donors (Lipinski definition) is 1. The number of anilines is 1. The van der Waals surface area contributed by atoms with Crippen LogP contribution in [0.5, 0.6) is 5.88 Å². The Morgan fingerprint density at radius 3 is 2.53 bits per heavy atom. The number of nitrogens with two attached hydrogens (primary N) is 1. The Labute approximate surface area is 89.9 Å². The predicted molar refractivity (Wildman–Crippen MR) is 58.5 cm³/mol. The highest BCUT2D eigenvalue weighted by Crippen LogP contribution is 2.27. The van der Waals surface area contributed by atoms with E-state index in [-0.39, 0.29) is 6.10 Å². The molecule has 0 saturated heterocycles. The Morgan fingerprint density at radius 1 is 1.20 bits per heavy atom. The lowest BCUT2D eigenvalue weighted by Gasteiger charge is -2.26. The number of ether oxygens (including phenoxy) is 1. The lowest BCUT2D eigenvalue weighted by Crippen LogP contribution is -2.24. The molecule has 0 bridgehead atoms. The van der Waals surface area contributed by atoms with E-state index in [4.69, 9.17) is 10.5 Å². The number of aromatic nitrogens is 2. The van der Waals surface area contributed by atoms with Gasteiger partial charge in [-0.3, -0.25) is 0 Å². The van der Waals surface area contributed by atoms with Crippen LogP contribution in [0.4, 0.5) is 5.82 Å². The SMILES string of the molecule is CC1CCC(Oc2nccnc2N)CC1. The average molecular weight is 207 g/mol. The maximum Gasteiger partial charge on any atom is 0.257 e. The summed E-state index contributed by atoms with van der Waals surface area (Å²) in [5, 5.41) is 0. The van der Waals surface area contributed by atoms with Gasteiger partial charge in [0.05, 0.1) is 0 Å². The molecule has 1 aliphatic carbocycles. The van der Waals surface area contributed by atoms with E-state index in [9.17, 15) is 0 Å². The highest BCUT2D eigenvalue weighted by atomic mass is 16.5. The van der Waals surface area contributed by atoms with Gasteiger partial charge >= 0.3 is 0 Å². The lowest BCUT2D eigenvalue weighted by atomic mass is 9.89. The van der Waals surface area contributed by atoms with E-state index in [0.717, 1.165) is 18.8 Å². The first-order valence-electron chi connectivity index (χ1n) is 5.49. The molecule has 0 radical (unpaired) electrons. The minimum absolute atomic E-state index is 0.264. The van der Waals surface area contributed by atoms with Crippen LogP contribution in [0.3, 0.4) is 0 Å². The maximum atomic E-state index is 5.74. The summed E-state index contributed by atoms with van der Waals surface area (Å²) < 4.78 is 5.74. The van der Waals surface area contributed by atoms with Crippen molar-refractivity contribution in [2.24, 2.45) is 5.92 Å². The molecule has 2 N–H and O–H groups in total. The van der Waals surface area contributed by atoms with Crippen molar-refractivity contribution in [1.29, 1.82) is 0 Å². The van der Waals surface area contributed by atoms with Crippen molar-refractivity contribution in [3.8, 4) is 5.88 Å². The van der Waals surface area contributed by atoms with Crippen molar-refractivity contribution >= 4 is 5.82 Å². The van der Waals surface area contributed by atoms with Gasteiger partial charge in [0.1, 0.15) is 6.10 Å². The van der Waals surface area contributed by atoms with Crippen LogP contribution >= 0.6 is 0 Å². The Kier molecular flexibility index (Phi) is 3.04. The lowest BCUT2D eigenvalue weighted by molar-refractivity contribution is 0.130. The molecule has 1 saturated carbocycles. The van der Waals surface area contributed by atoms with Gasteiger partial charge in [-0.15, -0.1) is 0 Å². The van der Waals surface area contributed by atoms with E-state index in [1.807, 2.05) is 0 Å². The first kappa shape index (κ1) is 10.2. The van der Waals surface area contributed by atoms with E-state index in [0.29, 0.717) is 11.7 Å². The molecule has 0 spiro atoms. The van der Waals surface area contributed by atoms with Crippen LogP contribution in [0.2, 0.25) is 0 Å². The molecule has 4 heteroatoms. The fourth-order valence-electron chi connectivity index (χ4n) is 1.93. The molecule has 0 aliphatic heterocycles. The number of nitrogen functional groups attached to an aromatic ring is 1. The molecule has 1 aromatic rings. The van der Waals surface area contributed by atoms with E-state index in [1.165, 1.54) is 12.8 Å². The third-order valence-corrected chi connectivity index (χ3v) is 2.93. The Morgan fingerprint density at radius 2 is 1.87 bits per heavy atom. The highest BCUT2D eigenvalue weighted by Gasteiger charge is 2.20. The average Bonchev–Trinajstić information content (AvgIpc) is 2.25. The number of nitrogens with zero attached hydrogens (tertiary/aromatic N) is 2. The molecule has 15 heavy (non-hydrogen) atoms. The molecule has 1 aliphatic rings. The third-order valence-electron chi connectivity index (χ3n) is 2.93. The van der Waals surface area contributed by atoms with Gasteiger partial charge in [0.15, 0.2) is 5.82 Å².